The second-order valence-corrected chi connectivity index (χ2v) is 5.95. The highest BCUT2D eigenvalue weighted by Gasteiger charge is 2.19. The molecule has 0 bridgehead atoms. The predicted octanol–water partition coefficient (Wildman–Crippen LogP) is 2.52. The summed E-state index contributed by atoms with van der Waals surface area (Å²) in [6, 6.07) is 10.0. The standard InChI is InChI=1S/C18H24N4O/c1-13-17(14(2)20-12-19-13)18(23)21-16(10-11-22(3)4)15-8-6-5-7-9-15/h5-9,12,16H,10-11H2,1-4H3,(H,21,23)/t16-/m1/s1. The second-order valence-electron chi connectivity index (χ2n) is 5.95. The fraction of sp³-hybridized carbons (Fsp3) is 0.389. The van der Waals surface area contributed by atoms with Gasteiger partial charge in [-0.05, 0) is 46.5 Å². The van der Waals surface area contributed by atoms with Gasteiger partial charge in [-0.3, -0.25) is 4.79 Å². The first-order chi connectivity index (χ1) is 11.0. The van der Waals surface area contributed by atoms with E-state index < -0.39 is 0 Å². The highest BCUT2D eigenvalue weighted by Crippen LogP contribution is 2.18. The van der Waals surface area contributed by atoms with Gasteiger partial charge in [0.25, 0.3) is 5.91 Å². The Morgan fingerprint density at radius 1 is 1.13 bits per heavy atom. The van der Waals surface area contributed by atoms with E-state index in [9.17, 15) is 4.79 Å². The van der Waals surface area contributed by atoms with Gasteiger partial charge in [-0.2, -0.15) is 0 Å². The van der Waals surface area contributed by atoms with Gasteiger partial charge in [0.1, 0.15) is 6.33 Å². The molecule has 0 unspecified atom stereocenters. The fourth-order valence-electron chi connectivity index (χ4n) is 2.55. The summed E-state index contributed by atoms with van der Waals surface area (Å²) in [6.07, 6.45) is 2.33. The predicted molar refractivity (Wildman–Crippen MR) is 91.3 cm³/mol. The number of nitrogens with one attached hydrogen (secondary N) is 1. The zero-order valence-electron chi connectivity index (χ0n) is 14.2. The van der Waals surface area contributed by atoms with E-state index >= 15 is 0 Å². The van der Waals surface area contributed by atoms with Gasteiger partial charge in [0.2, 0.25) is 0 Å². The molecule has 1 amide bonds. The van der Waals surface area contributed by atoms with Crippen molar-refractivity contribution >= 4 is 5.91 Å². The molecule has 5 heteroatoms. The quantitative estimate of drug-likeness (QED) is 0.890. The van der Waals surface area contributed by atoms with Gasteiger partial charge in [-0.25, -0.2) is 9.97 Å². The van der Waals surface area contributed by atoms with E-state index in [-0.39, 0.29) is 11.9 Å². The molecule has 1 atom stereocenters. The minimum Gasteiger partial charge on any atom is -0.345 e. The first-order valence-corrected chi connectivity index (χ1v) is 7.77. The maximum absolute atomic E-state index is 12.7. The molecule has 0 saturated heterocycles. The Labute approximate surface area is 137 Å². The van der Waals surface area contributed by atoms with Crippen molar-refractivity contribution in [2.24, 2.45) is 0 Å². The van der Waals surface area contributed by atoms with Gasteiger partial charge in [0.05, 0.1) is 23.0 Å². The Bertz CT molecular complexity index is 635. The Balaban J connectivity index is 2.21. The van der Waals surface area contributed by atoms with E-state index in [1.165, 1.54) is 6.33 Å². The Kier molecular flexibility index (Phi) is 5.82. The molecule has 0 radical (unpaired) electrons. The van der Waals surface area contributed by atoms with Crippen molar-refractivity contribution in [1.82, 2.24) is 20.2 Å². The zero-order valence-corrected chi connectivity index (χ0v) is 14.2. The molecule has 1 aromatic heterocycles. The summed E-state index contributed by atoms with van der Waals surface area (Å²) in [4.78, 5) is 23.1. The van der Waals surface area contributed by atoms with Crippen LogP contribution in [-0.4, -0.2) is 41.4 Å². The maximum atomic E-state index is 12.7. The number of hydrogen-bond donors (Lipinski definition) is 1. The molecule has 0 saturated carbocycles. The molecule has 0 spiro atoms. The Morgan fingerprint density at radius 2 is 1.74 bits per heavy atom. The SMILES string of the molecule is Cc1ncnc(C)c1C(=O)N[C@H](CCN(C)C)c1ccccc1. The van der Waals surface area contributed by atoms with Gasteiger partial charge < -0.3 is 10.2 Å². The molecule has 122 valence electrons. The molecule has 0 fully saturated rings. The molecule has 0 aliphatic rings. The van der Waals surface area contributed by atoms with Gasteiger partial charge >= 0.3 is 0 Å². The fourth-order valence-corrected chi connectivity index (χ4v) is 2.55. The largest absolute Gasteiger partial charge is 0.345 e. The van der Waals surface area contributed by atoms with Gasteiger partial charge in [0.15, 0.2) is 0 Å². The minimum atomic E-state index is -0.117. The number of rotatable bonds is 6. The number of carbonyl (C=O) groups is 1. The molecule has 1 heterocycles. The number of hydrogen-bond acceptors (Lipinski definition) is 4. The van der Waals surface area contributed by atoms with E-state index in [4.69, 9.17) is 0 Å². The van der Waals surface area contributed by atoms with Crippen LogP contribution in [-0.2, 0) is 0 Å². The number of benzene rings is 1. The third-order valence-corrected chi connectivity index (χ3v) is 3.83. The van der Waals surface area contributed by atoms with Crippen LogP contribution in [0, 0.1) is 13.8 Å². The van der Waals surface area contributed by atoms with Gasteiger partial charge in [-0.1, -0.05) is 30.3 Å². The third kappa shape index (κ3) is 4.60. The molecule has 0 aliphatic carbocycles. The van der Waals surface area contributed by atoms with Crippen LogP contribution in [0.15, 0.2) is 36.7 Å². The van der Waals surface area contributed by atoms with Crippen LogP contribution in [0.5, 0.6) is 0 Å². The molecular formula is C18H24N4O. The normalized spacial score (nSPS) is 12.2. The van der Waals surface area contributed by atoms with Crippen LogP contribution in [0.2, 0.25) is 0 Å². The van der Waals surface area contributed by atoms with Crippen molar-refractivity contribution in [2.75, 3.05) is 20.6 Å². The number of carbonyl (C=O) groups excluding carboxylic acids is 1. The first kappa shape index (κ1) is 17.1. The van der Waals surface area contributed by atoms with Crippen LogP contribution in [0.25, 0.3) is 0 Å². The summed E-state index contributed by atoms with van der Waals surface area (Å²) in [5.41, 5.74) is 3.08. The molecule has 1 aromatic carbocycles. The number of amides is 1. The number of aryl methyl sites for hydroxylation is 2. The lowest BCUT2D eigenvalue weighted by atomic mass is 10.0. The van der Waals surface area contributed by atoms with Crippen molar-refractivity contribution in [1.29, 1.82) is 0 Å². The summed E-state index contributed by atoms with van der Waals surface area (Å²) in [6.45, 7) is 4.56. The average molecular weight is 312 g/mol. The van der Waals surface area contributed by atoms with E-state index in [1.807, 2.05) is 58.3 Å². The highest BCUT2D eigenvalue weighted by molar-refractivity contribution is 5.96. The molecule has 1 N–H and O–H groups in total. The lowest BCUT2D eigenvalue weighted by Gasteiger charge is -2.22. The second kappa shape index (κ2) is 7.83. The molecule has 23 heavy (non-hydrogen) atoms. The summed E-state index contributed by atoms with van der Waals surface area (Å²) in [5.74, 6) is -0.117. The summed E-state index contributed by atoms with van der Waals surface area (Å²) < 4.78 is 0. The van der Waals surface area contributed by atoms with E-state index in [0.717, 1.165) is 18.5 Å². The summed E-state index contributed by atoms with van der Waals surface area (Å²) >= 11 is 0. The van der Waals surface area contributed by atoms with Crippen molar-refractivity contribution in [3.63, 3.8) is 0 Å². The number of aromatic nitrogens is 2. The lowest BCUT2D eigenvalue weighted by molar-refractivity contribution is 0.0930. The van der Waals surface area contributed by atoms with Crippen molar-refractivity contribution < 1.29 is 4.79 Å². The Morgan fingerprint density at radius 3 is 2.30 bits per heavy atom. The number of nitrogens with zero attached hydrogens (tertiary/aromatic N) is 3. The zero-order chi connectivity index (χ0) is 16.8. The molecule has 0 aliphatic heterocycles. The van der Waals surface area contributed by atoms with E-state index in [0.29, 0.717) is 17.0 Å². The smallest absolute Gasteiger partial charge is 0.255 e. The molecule has 5 nitrogen and oxygen atoms in total. The van der Waals surface area contributed by atoms with Crippen molar-refractivity contribution in [3.8, 4) is 0 Å². The van der Waals surface area contributed by atoms with E-state index in [1.54, 1.807) is 0 Å². The third-order valence-electron chi connectivity index (χ3n) is 3.83. The summed E-state index contributed by atoms with van der Waals surface area (Å²) in [7, 11) is 4.06. The highest BCUT2D eigenvalue weighted by atomic mass is 16.1. The van der Waals surface area contributed by atoms with Crippen LogP contribution in [0.1, 0.15) is 39.8 Å². The summed E-state index contributed by atoms with van der Waals surface area (Å²) in [5, 5.41) is 3.14. The van der Waals surface area contributed by atoms with Crippen molar-refractivity contribution in [2.45, 2.75) is 26.3 Å². The monoisotopic (exact) mass is 312 g/mol. The Hall–Kier alpha value is -2.27. The van der Waals surface area contributed by atoms with Crippen LogP contribution >= 0.6 is 0 Å². The molecular weight excluding hydrogens is 288 g/mol. The van der Waals surface area contributed by atoms with Crippen LogP contribution in [0.4, 0.5) is 0 Å². The van der Waals surface area contributed by atoms with E-state index in [2.05, 4.69) is 20.2 Å². The van der Waals surface area contributed by atoms with Gasteiger partial charge in [-0.15, -0.1) is 0 Å². The first-order valence-electron chi connectivity index (χ1n) is 7.77. The van der Waals surface area contributed by atoms with Crippen LogP contribution in [0.3, 0.4) is 0 Å². The topological polar surface area (TPSA) is 58.1 Å². The van der Waals surface area contributed by atoms with Crippen molar-refractivity contribution in [3.05, 3.63) is 59.2 Å². The lowest BCUT2D eigenvalue weighted by Crippen LogP contribution is -2.32. The molecule has 2 aromatic rings. The van der Waals surface area contributed by atoms with Crippen LogP contribution < -0.4 is 5.32 Å². The average Bonchev–Trinajstić information content (AvgIpc) is 2.52. The maximum Gasteiger partial charge on any atom is 0.255 e. The molecule has 2 rings (SSSR count). The minimum absolute atomic E-state index is 0.0369. The van der Waals surface area contributed by atoms with Gasteiger partial charge in [0, 0.05) is 0 Å².